The van der Waals surface area contributed by atoms with Gasteiger partial charge in [0.05, 0.1) is 18.3 Å². The lowest BCUT2D eigenvalue weighted by atomic mass is 9.86. The van der Waals surface area contributed by atoms with Crippen molar-refractivity contribution in [3.8, 4) is 5.75 Å². The number of nitrogens with zero attached hydrogens (tertiary/aromatic N) is 2. The van der Waals surface area contributed by atoms with Crippen molar-refractivity contribution in [1.82, 2.24) is 9.78 Å². The first-order chi connectivity index (χ1) is 13.9. The lowest BCUT2D eigenvalue weighted by Gasteiger charge is -2.28. The Labute approximate surface area is 171 Å². The second-order valence-corrected chi connectivity index (χ2v) is 8.46. The predicted molar refractivity (Wildman–Crippen MR) is 114 cm³/mol. The maximum atomic E-state index is 12.5. The van der Waals surface area contributed by atoms with Gasteiger partial charge in [-0.3, -0.25) is 4.79 Å². The molecule has 0 saturated carbocycles. The average molecular weight is 389 g/mol. The van der Waals surface area contributed by atoms with Crippen LogP contribution in [-0.2, 0) is 16.8 Å². The Morgan fingerprint density at radius 1 is 1.07 bits per heavy atom. The van der Waals surface area contributed by atoms with E-state index < -0.39 is 0 Å². The highest BCUT2D eigenvalue weighted by Crippen LogP contribution is 2.41. The molecule has 0 radical (unpaired) electrons. The lowest BCUT2D eigenvalue weighted by molar-refractivity contribution is -0.116. The summed E-state index contributed by atoms with van der Waals surface area (Å²) in [6.45, 7) is 6.83. The quantitative estimate of drug-likeness (QED) is 0.686. The van der Waals surface area contributed by atoms with Crippen LogP contribution in [0.5, 0.6) is 5.75 Å². The number of amides is 1. The number of benzene rings is 2. The van der Waals surface area contributed by atoms with E-state index in [2.05, 4.69) is 49.4 Å². The maximum Gasteiger partial charge on any atom is 0.226 e. The molecule has 4 rings (SSSR count). The number of aromatic nitrogens is 2. The molecule has 2 aromatic carbocycles. The highest BCUT2D eigenvalue weighted by atomic mass is 16.5. The Morgan fingerprint density at radius 3 is 2.55 bits per heavy atom. The van der Waals surface area contributed by atoms with E-state index in [-0.39, 0.29) is 17.4 Å². The third-order valence-electron chi connectivity index (χ3n) is 5.24. The van der Waals surface area contributed by atoms with Crippen LogP contribution in [0.15, 0.2) is 60.8 Å². The van der Waals surface area contributed by atoms with Crippen LogP contribution in [0, 0.1) is 0 Å². The van der Waals surface area contributed by atoms with Gasteiger partial charge in [-0.05, 0) is 32.4 Å². The first-order valence-corrected chi connectivity index (χ1v) is 10.1. The van der Waals surface area contributed by atoms with Gasteiger partial charge in [0.25, 0.3) is 0 Å². The van der Waals surface area contributed by atoms with Gasteiger partial charge < -0.3 is 10.1 Å². The van der Waals surface area contributed by atoms with Gasteiger partial charge in [-0.2, -0.15) is 5.10 Å². The summed E-state index contributed by atoms with van der Waals surface area (Å²) in [6, 6.07) is 18.3. The normalized spacial score (nSPS) is 16.2. The Kier molecular flexibility index (Phi) is 5.14. The van der Waals surface area contributed by atoms with E-state index in [9.17, 15) is 4.79 Å². The third kappa shape index (κ3) is 4.04. The van der Waals surface area contributed by atoms with Crippen LogP contribution < -0.4 is 10.1 Å². The fourth-order valence-corrected chi connectivity index (χ4v) is 3.83. The van der Waals surface area contributed by atoms with Gasteiger partial charge in [0.15, 0.2) is 0 Å². The number of para-hydroxylation sites is 1. The number of hydrogen-bond donors (Lipinski definition) is 1. The standard InChI is InChI=1S/C24H27N3O2/c1-24(2,3)27-23-20(16-25-27)19(15-22(28)26-23)18-11-7-8-12-21(18)29-14-13-17-9-5-4-6-10-17/h4-12,16,19H,13-15H2,1-3H3,(H,26,28). The van der Waals surface area contributed by atoms with Crippen LogP contribution in [-0.4, -0.2) is 22.3 Å². The summed E-state index contributed by atoms with van der Waals surface area (Å²) in [7, 11) is 0. The Morgan fingerprint density at radius 2 is 1.79 bits per heavy atom. The molecule has 0 saturated heterocycles. The molecule has 150 valence electrons. The van der Waals surface area contributed by atoms with Gasteiger partial charge in [-0.25, -0.2) is 4.68 Å². The summed E-state index contributed by atoms with van der Waals surface area (Å²) >= 11 is 0. The van der Waals surface area contributed by atoms with Gasteiger partial charge in [0, 0.05) is 29.9 Å². The molecule has 1 amide bonds. The minimum atomic E-state index is -0.214. The molecule has 0 fully saturated rings. The van der Waals surface area contributed by atoms with Crippen LogP contribution in [0.25, 0.3) is 0 Å². The van der Waals surface area contributed by atoms with Crippen molar-refractivity contribution < 1.29 is 9.53 Å². The zero-order valence-corrected chi connectivity index (χ0v) is 17.2. The van der Waals surface area contributed by atoms with Crippen molar-refractivity contribution in [1.29, 1.82) is 0 Å². The number of ether oxygens (including phenoxy) is 1. The molecule has 1 aliphatic rings. The van der Waals surface area contributed by atoms with Crippen LogP contribution in [0.2, 0.25) is 0 Å². The Balaban J connectivity index is 1.61. The number of anilines is 1. The monoisotopic (exact) mass is 389 g/mol. The van der Waals surface area contributed by atoms with Crippen LogP contribution >= 0.6 is 0 Å². The highest BCUT2D eigenvalue weighted by Gasteiger charge is 2.33. The molecule has 5 heteroatoms. The summed E-state index contributed by atoms with van der Waals surface area (Å²) in [4.78, 5) is 12.5. The molecule has 1 N–H and O–H groups in total. The number of nitrogens with one attached hydrogen (secondary N) is 1. The van der Waals surface area contributed by atoms with E-state index in [1.165, 1.54) is 5.56 Å². The molecule has 0 bridgehead atoms. The van der Waals surface area contributed by atoms with Crippen molar-refractivity contribution in [3.05, 3.63) is 77.5 Å². The smallest absolute Gasteiger partial charge is 0.226 e. The topological polar surface area (TPSA) is 56.2 Å². The minimum absolute atomic E-state index is 0.00703. The van der Waals surface area contributed by atoms with E-state index in [0.29, 0.717) is 13.0 Å². The summed E-state index contributed by atoms with van der Waals surface area (Å²) in [6.07, 6.45) is 3.11. The van der Waals surface area contributed by atoms with Gasteiger partial charge >= 0.3 is 0 Å². The van der Waals surface area contributed by atoms with Gasteiger partial charge in [-0.1, -0.05) is 48.5 Å². The van der Waals surface area contributed by atoms with Gasteiger partial charge in [0.1, 0.15) is 11.6 Å². The van der Waals surface area contributed by atoms with Crippen molar-refractivity contribution >= 4 is 11.7 Å². The fraction of sp³-hybridized carbons (Fsp3) is 0.333. The lowest BCUT2D eigenvalue weighted by Crippen LogP contribution is -2.30. The Hall–Kier alpha value is -3.08. The van der Waals surface area contributed by atoms with Crippen molar-refractivity contribution in [2.24, 2.45) is 0 Å². The molecule has 3 aromatic rings. The zero-order valence-electron chi connectivity index (χ0n) is 17.2. The second kappa shape index (κ2) is 7.74. The number of carbonyl (C=O) groups is 1. The van der Waals surface area contributed by atoms with Crippen molar-refractivity contribution in [3.63, 3.8) is 0 Å². The molecule has 2 heterocycles. The first-order valence-electron chi connectivity index (χ1n) is 10.1. The summed E-state index contributed by atoms with van der Waals surface area (Å²) in [5, 5.41) is 7.59. The van der Waals surface area contributed by atoms with Crippen LogP contribution in [0.1, 0.15) is 49.8 Å². The van der Waals surface area contributed by atoms with Crippen LogP contribution in [0.3, 0.4) is 0 Å². The molecule has 1 aromatic heterocycles. The summed E-state index contributed by atoms with van der Waals surface area (Å²) in [5.74, 6) is 1.56. The van der Waals surface area contributed by atoms with Crippen molar-refractivity contribution in [2.75, 3.05) is 11.9 Å². The molecular formula is C24H27N3O2. The molecule has 0 spiro atoms. The zero-order chi connectivity index (χ0) is 20.4. The SMILES string of the molecule is CC(C)(C)n1ncc2c1NC(=O)CC2c1ccccc1OCCc1ccccc1. The molecule has 5 nitrogen and oxygen atoms in total. The maximum absolute atomic E-state index is 12.5. The average Bonchev–Trinajstić information content (AvgIpc) is 3.13. The number of hydrogen-bond acceptors (Lipinski definition) is 3. The van der Waals surface area contributed by atoms with E-state index in [4.69, 9.17) is 4.74 Å². The highest BCUT2D eigenvalue weighted by molar-refractivity contribution is 5.94. The molecule has 1 aliphatic heterocycles. The van der Waals surface area contributed by atoms with E-state index in [1.54, 1.807) is 0 Å². The molecule has 29 heavy (non-hydrogen) atoms. The molecular weight excluding hydrogens is 362 g/mol. The van der Waals surface area contributed by atoms with E-state index >= 15 is 0 Å². The summed E-state index contributed by atoms with van der Waals surface area (Å²) < 4.78 is 8.05. The fourth-order valence-electron chi connectivity index (χ4n) is 3.83. The van der Waals surface area contributed by atoms with Crippen molar-refractivity contribution in [2.45, 2.75) is 45.1 Å². The molecule has 0 aliphatic carbocycles. The predicted octanol–water partition coefficient (Wildman–Crippen LogP) is 4.73. The number of fused-ring (bicyclic) bond motifs is 1. The number of rotatable bonds is 5. The third-order valence-corrected chi connectivity index (χ3v) is 5.24. The molecule has 1 atom stereocenters. The van der Waals surface area contributed by atoms with Crippen LogP contribution in [0.4, 0.5) is 5.82 Å². The Bertz CT molecular complexity index is 1000. The van der Waals surface area contributed by atoms with Gasteiger partial charge in [-0.15, -0.1) is 0 Å². The minimum Gasteiger partial charge on any atom is -0.493 e. The summed E-state index contributed by atoms with van der Waals surface area (Å²) in [5.41, 5.74) is 3.11. The molecule has 1 unspecified atom stereocenters. The van der Waals surface area contributed by atoms with E-state index in [0.717, 1.165) is 29.1 Å². The second-order valence-electron chi connectivity index (χ2n) is 8.46. The number of carbonyl (C=O) groups excluding carboxylic acids is 1. The first kappa shape index (κ1) is 19.2. The largest absolute Gasteiger partial charge is 0.493 e. The van der Waals surface area contributed by atoms with E-state index in [1.807, 2.05) is 47.3 Å². The van der Waals surface area contributed by atoms with Gasteiger partial charge in [0.2, 0.25) is 5.91 Å².